The van der Waals surface area contributed by atoms with Crippen LogP contribution >= 0.6 is 23.4 Å². The molecule has 5 rings (SSSR count). The number of hydrogen-bond donors (Lipinski definition) is 1. The number of halogens is 2. The number of alkyl halides is 1. The Balaban J connectivity index is 1.57. The predicted octanol–water partition coefficient (Wildman–Crippen LogP) is 6.98. The Bertz CT molecular complexity index is 1290. The van der Waals surface area contributed by atoms with Gasteiger partial charge in [-0.05, 0) is 55.2 Å². The van der Waals surface area contributed by atoms with E-state index >= 15 is 0 Å². The van der Waals surface area contributed by atoms with Crippen molar-refractivity contribution in [1.29, 1.82) is 0 Å². The minimum Gasteiger partial charge on any atom is -0.378 e. The van der Waals surface area contributed by atoms with Gasteiger partial charge in [0.25, 0.3) is 5.69 Å². The van der Waals surface area contributed by atoms with E-state index in [2.05, 4.69) is 5.32 Å². The summed E-state index contributed by atoms with van der Waals surface area (Å²) in [5.41, 5.74) is 2.99. The van der Waals surface area contributed by atoms with E-state index in [4.69, 9.17) is 11.6 Å². The number of fused-ring (bicyclic) bond motifs is 3. The first kappa shape index (κ1) is 22.9. The van der Waals surface area contributed by atoms with Gasteiger partial charge in [-0.15, -0.1) is 23.4 Å². The Morgan fingerprint density at radius 2 is 1.85 bits per heavy atom. The van der Waals surface area contributed by atoms with Gasteiger partial charge in [0.05, 0.1) is 21.2 Å². The number of hydrogen-bond acceptors (Lipinski definition) is 5. The Morgan fingerprint density at radius 1 is 1.12 bits per heavy atom. The molecule has 3 aromatic carbocycles. The highest BCUT2D eigenvalue weighted by Crippen LogP contribution is 2.58. The maximum atomic E-state index is 14.9. The lowest BCUT2D eigenvalue weighted by Gasteiger charge is -2.38. The number of nitrogens with one attached hydrogen (secondary N) is 1. The molecule has 0 amide bonds. The van der Waals surface area contributed by atoms with Gasteiger partial charge < -0.3 is 5.32 Å². The molecule has 0 saturated heterocycles. The first-order chi connectivity index (χ1) is 16.3. The van der Waals surface area contributed by atoms with E-state index in [1.165, 1.54) is 30.8 Å². The number of nitro groups is 1. The fraction of sp³-hybridized carbons (Fsp3) is 0.269. The number of carbonyl (C=O) groups excluding carboxylic acids is 1. The Labute approximate surface area is 205 Å². The molecule has 0 radical (unpaired) electrons. The predicted molar refractivity (Wildman–Crippen MR) is 132 cm³/mol. The van der Waals surface area contributed by atoms with Gasteiger partial charge in [-0.1, -0.05) is 30.3 Å². The Hall–Kier alpha value is -2.90. The molecule has 0 spiro atoms. The van der Waals surface area contributed by atoms with Crippen LogP contribution in [0.15, 0.2) is 71.6 Å². The number of nitrogens with zero attached hydrogens (tertiary/aromatic N) is 1. The maximum Gasteiger partial charge on any atom is 0.282 e. The standard InChI is InChI=1S/C26H22ClFN2O3S/c1-14(31)15-10-11-20-17(12-15)24-18(26(29-20)16-6-2-3-7-19(16)28)13-23(25(24)27)34-22-9-5-4-8-21(22)30(32)33/h2-12,18,23-26,29H,13H2,1H3/t18-,23-,24+,25-,26+/m1/s1. The molecule has 8 heteroatoms. The molecule has 1 aliphatic heterocycles. The van der Waals surface area contributed by atoms with Crippen molar-refractivity contribution >= 4 is 40.5 Å². The van der Waals surface area contributed by atoms with Crippen LogP contribution in [0.2, 0.25) is 0 Å². The average Bonchev–Trinajstić information content (AvgIpc) is 3.15. The molecule has 174 valence electrons. The second kappa shape index (κ2) is 9.04. The number of nitro benzene ring substituents is 1. The summed E-state index contributed by atoms with van der Waals surface area (Å²) in [4.78, 5) is 23.8. The molecular weight excluding hydrogens is 475 g/mol. The third-order valence-corrected chi connectivity index (χ3v) is 8.91. The van der Waals surface area contributed by atoms with Gasteiger partial charge >= 0.3 is 0 Å². The highest BCUT2D eigenvalue weighted by molar-refractivity contribution is 8.00. The molecule has 0 unspecified atom stereocenters. The molecular formula is C26H22ClFN2O3S. The molecule has 34 heavy (non-hydrogen) atoms. The summed E-state index contributed by atoms with van der Waals surface area (Å²) in [6.45, 7) is 1.53. The summed E-state index contributed by atoms with van der Waals surface area (Å²) in [6, 6.07) is 18.6. The second-order valence-corrected chi connectivity index (χ2v) is 10.5. The van der Waals surface area contributed by atoms with E-state index in [0.29, 0.717) is 22.4 Å². The van der Waals surface area contributed by atoms with Crippen LogP contribution in [0.25, 0.3) is 0 Å². The van der Waals surface area contributed by atoms with E-state index in [1.807, 2.05) is 18.2 Å². The van der Waals surface area contributed by atoms with Crippen molar-refractivity contribution in [3.05, 3.63) is 99.4 Å². The summed E-state index contributed by atoms with van der Waals surface area (Å²) < 4.78 is 14.9. The van der Waals surface area contributed by atoms with E-state index in [1.54, 1.807) is 36.4 Å². The quantitative estimate of drug-likeness (QED) is 0.178. The van der Waals surface area contributed by atoms with Crippen LogP contribution in [-0.2, 0) is 0 Å². The zero-order valence-corrected chi connectivity index (χ0v) is 19.9. The molecule has 0 bridgehead atoms. The number of para-hydroxylation sites is 1. The zero-order valence-electron chi connectivity index (χ0n) is 18.3. The lowest BCUT2D eigenvalue weighted by molar-refractivity contribution is -0.387. The summed E-state index contributed by atoms with van der Waals surface area (Å²) in [7, 11) is 0. The van der Waals surface area contributed by atoms with E-state index in [9.17, 15) is 19.3 Å². The smallest absolute Gasteiger partial charge is 0.282 e. The minimum absolute atomic E-state index is 0.0365. The van der Waals surface area contributed by atoms with Crippen molar-refractivity contribution in [2.24, 2.45) is 5.92 Å². The minimum atomic E-state index is -0.383. The molecule has 1 aliphatic carbocycles. The van der Waals surface area contributed by atoms with Crippen LogP contribution in [-0.4, -0.2) is 21.3 Å². The average molecular weight is 497 g/mol. The number of carbonyl (C=O) groups is 1. The largest absolute Gasteiger partial charge is 0.378 e. The molecule has 5 nitrogen and oxygen atoms in total. The van der Waals surface area contributed by atoms with Gasteiger partial charge in [-0.3, -0.25) is 14.9 Å². The van der Waals surface area contributed by atoms with Crippen molar-refractivity contribution in [3.8, 4) is 0 Å². The number of rotatable bonds is 5. The van der Waals surface area contributed by atoms with Gasteiger partial charge in [0.2, 0.25) is 0 Å². The molecule has 3 aromatic rings. The van der Waals surface area contributed by atoms with Gasteiger partial charge in [-0.25, -0.2) is 4.39 Å². The van der Waals surface area contributed by atoms with Gasteiger partial charge in [-0.2, -0.15) is 0 Å². The van der Waals surface area contributed by atoms with Crippen molar-refractivity contribution in [3.63, 3.8) is 0 Å². The molecule has 0 aromatic heterocycles. The van der Waals surface area contributed by atoms with Crippen molar-refractivity contribution in [2.45, 2.75) is 40.8 Å². The fourth-order valence-corrected chi connectivity index (χ4v) is 7.19. The SMILES string of the molecule is CC(=O)c1ccc2c(c1)[C@@H]1[C@H](Cl)[C@H](Sc3ccccc3[N+](=O)[O-])C[C@H]1[C@H](c1ccccc1F)N2. The number of thioether (sulfide) groups is 1. The highest BCUT2D eigenvalue weighted by atomic mass is 35.5. The maximum absolute atomic E-state index is 14.9. The first-order valence-corrected chi connectivity index (χ1v) is 12.4. The topological polar surface area (TPSA) is 72.2 Å². The van der Waals surface area contributed by atoms with Crippen LogP contribution in [0.1, 0.15) is 46.8 Å². The second-order valence-electron chi connectivity index (χ2n) is 8.75. The van der Waals surface area contributed by atoms with Crippen molar-refractivity contribution in [1.82, 2.24) is 0 Å². The zero-order chi connectivity index (χ0) is 24.0. The van der Waals surface area contributed by atoms with Crippen LogP contribution in [0, 0.1) is 21.8 Å². The van der Waals surface area contributed by atoms with E-state index in [0.717, 1.165) is 11.3 Å². The molecule has 1 fully saturated rings. The normalized spacial score (nSPS) is 25.2. The lowest BCUT2D eigenvalue weighted by atomic mass is 9.76. The number of ketones is 1. The van der Waals surface area contributed by atoms with Crippen molar-refractivity contribution < 1.29 is 14.1 Å². The fourth-order valence-electron chi connectivity index (χ4n) is 5.24. The number of anilines is 1. The summed E-state index contributed by atoms with van der Waals surface area (Å²) >= 11 is 8.49. The summed E-state index contributed by atoms with van der Waals surface area (Å²) in [6.07, 6.45) is 0.644. The molecule has 5 atom stereocenters. The highest BCUT2D eigenvalue weighted by Gasteiger charge is 2.50. The van der Waals surface area contributed by atoms with Gasteiger partial charge in [0, 0.05) is 34.0 Å². The van der Waals surface area contributed by atoms with Crippen LogP contribution in [0.5, 0.6) is 0 Å². The molecule has 1 N–H and O–H groups in total. The Kier molecular flexibility index (Phi) is 6.08. The number of Topliss-reactive ketones (excluding diaryl/α,β-unsaturated/α-hetero) is 1. The lowest BCUT2D eigenvalue weighted by Crippen LogP contribution is -2.31. The van der Waals surface area contributed by atoms with Crippen LogP contribution in [0.3, 0.4) is 0 Å². The molecule has 1 heterocycles. The molecule has 2 aliphatic rings. The monoisotopic (exact) mass is 496 g/mol. The molecule has 1 saturated carbocycles. The van der Waals surface area contributed by atoms with Crippen molar-refractivity contribution in [2.75, 3.05) is 5.32 Å². The van der Waals surface area contributed by atoms with Crippen LogP contribution < -0.4 is 5.32 Å². The number of benzene rings is 3. The first-order valence-electron chi connectivity index (χ1n) is 11.0. The van der Waals surface area contributed by atoms with Gasteiger partial charge in [0.1, 0.15) is 5.82 Å². The van der Waals surface area contributed by atoms with Crippen LogP contribution in [0.4, 0.5) is 15.8 Å². The summed E-state index contributed by atoms with van der Waals surface area (Å²) in [5.74, 6) is -0.509. The van der Waals surface area contributed by atoms with Gasteiger partial charge in [0.15, 0.2) is 5.78 Å². The van der Waals surface area contributed by atoms with E-state index < -0.39 is 0 Å². The third kappa shape index (κ3) is 3.97. The summed E-state index contributed by atoms with van der Waals surface area (Å²) in [5, 5.41) is 14.6. The third-order valence-electron chi connectivity index (χ3n) is 6.80. The van der Waals surface area contributed by atoms with E-state index in [-0.39, 0.29) is 50.7 Å². The Morgan fingerprint density at radius 3 is 2.59 bits per heavy atom.